The lowest BCUT2D eigenvalue weighted by Crippen LogP contribution is -2.51. The van der Waals surface area contributed by atoms with Crippen LogP contribution in [0.15, 0.2) is 54.6 Å². The number of benzene rings is 2. The number of fused-ring (bicyclic) bond motifs is 3. The molecule has 2 heterocycles. The molecule has 0 bridgehead atoms. The first kappa shape index (κ1) is 20.7. The molecule has 1 fully saturated rings. The summed E-state index contributed by atoms with van der Waals surface area (Å²) < 4.78 is 5.01. The summed E-state index contributed by atoms with van der Waals surface area (Å²) in [7, 11) is 1.37. The lowest BCUT2D eigenvalue weighted by molar-refractivity contribution is -0.159. The Hall–Kier alpha value is -2.60. The third kappa shape index (κ3) is 4.01. The Morgan fingerprint density at radius 2 is 1.80 bits per heavy atom. The Kier molecular flexibility index (Phi) is 6.23. The van der Waals surface area contributed by atoms with Crippen LogP contribution in [0.5, 0.6) is 0 Å². The maximum atomic E-state index is 13.6. The molecule has 0 aliphatic carbocycles. The molecule has 2 aromatic rings. The van der Waals surface area contributed by atoms with E-state index in [4.69, 9.17) is 4.74 Å². The van der Waals surface area contributed by atoms with E-state index in [0.717, 1.165) is 24.0 Å². The minimum Gasteiger partial charge on any atom is -0.467 e. The van der Waals surface area contributed by atoms with Gasteiger partial charge in [-0.3, -0.25) is 9.59 Å². The molecule has 0 N–H and O–H groups in total. The molecule has 5 nitrogen and oxygen atoms in total. The third-order valence-electron chi connectivity index (χ3n) is 6.01. The fourth-order valence-corrected chi connectivity index (χ4v) is 5.47. The Morgan fingerprint density at radius 1 is 1.07 bits per heavy atom. The van der Waals surface area contributed by atoms with E-state index in [2.05, 4.69) is 12.1 Å². The SMILES string of the molecule is COC(=O)[C@@H]1CCC[C@@H]2c3ccccc3C[C@H](CSC(=O)c3ccccc3)C(=O)N21. The van der Waals surface area contributed by atoms with Crippen LogP contribution in [0.4, 0.5) is 0 Å². The molecule has 156 valence electrons. The molecule has 1 saturated heterocycles. The van der Waals surface area contributed by atoms with Crippen molar-refractivity contribution in [3.05, 3.63) is 71.3 Å². The monoisotopic (exact) mass is 423 g/mol. The summed E-state index contributed by atoms with van der Waals surface area (Å²) in [6.07, 6.45) is 2.89. The average Bonchev–Trinajstić information content (AvgIpc) is 2.92. The molecule has 2 aliphatic heterocycles. The number of nitrogens with zero attached hydrogens (tertiary/aromatic N) is 1. The first-order valence-corrected chi connectivity index (χ1v) is 11.3. The molecule has 0 radical (unpaired) electrons. The van der Waals surface area contributed by atoms with Gasteiger partial charge in [-0.15, -0.1) is 0 Å². The largest absolute Gasteiger partial charge is 0.467 e. The molecule has 0 spiro atoms. The van der Waals surface area contributed by atoms with Crippen molar-refractivity contribution in [1.29, 1.82) is 0 Å². The van der Waals surface area contributed by atoms with Crippen molar-refractivity contribution < 1.29 is 19.1 Å². The van der Waals surface area contributed by atoms with Crippen molar-refractivity contribution in [2.45, 2.75) is 37.8 Å². The van der Waals surface area contributed by atoms with Crippen molar-refractivity contribution >= 4 is 28.8 Å². The van der Waals surface area contributed by atoms with Gasteiger partial charge < -0.3 is 9.64 Å². The second-order valence-corrected chi connectivity index (χ2v) is 8.79. The Labute approximate surface area is 180 Å². The molecule has 0 unspecified atom stereocenters. The van der Waals surface area contributed by atoms with E-state index in [1.165, 1.54) is 18.9 Å². The lowest BCUT2D eigenvalue weighted by Gasteiger charge is -2.41. The quantitative estimate of drug-likeness (QED) is 0.695. The van der Waals surface area contributed by atoms with Gasteiger partial charge in [-0.05, 0) is 36.8 Å². The van der Waals surface area contributed by atoms with Crippen molar-refractivity contribution in [2.24, 2.45) is 5.92 Å². The molecule has 0 saturated carbocycles. The molecule has 2 aromatic carbocycles. The predicted octanol–water partition coefficient (Wildman–Crippen LogP) is 4.03. The van der Waals surface area contributed by atoms with E-state index < -0.39 is 6.04 Å². The van der Waals surface area contributed by atoms with Gasteiger partial charge >= 0.3 is 5.97 Å². The zero-order chi connectivity index (χ0) is 21.1. The molecule has 2 aliphatic rings. The third-order valence-corrected chi connectivity index (χ3v) is 7.08. The summed E-state index contributed by atoms with van der Waals surface area (Å²) in [6.45, 7) is 0. The highest BCUT2D eigenvalue weighted by atomic mass is 32.2. The highest BCUT2D eigenvalue weighted by Crippen LogP contribution is 2.41. The summed E-state index contributed by atoms with van der Waals surface area (Å²) in [5, 5.41) is -0.0411. The number of rotatable bonds is 4. The Bertz CT molecular complexity index is 945. The second kappa shape index (κ2) is 9.04. The van der Waals surface area contributed by atoms with Gasteiger partial charge in [0, 0.05) is 11.3 Å². The number of carbonyl (C=O) groups excluding carboxylic acids is 3. The zero-order valence-electron chi connectivity index (χ0n) is 17.0. The van der Waals surface area contributed by atoms with Crippen LogP contribution in [0, 0.1) is 5.92 Å². The van der Waals surface area contributed by atoms with Crippen molar-refractivity contribution in [3.63, 3.8) is 0 Å². The maximum absolute atomic E-state index is 13.6. The van der Waals surface area contributed by atoms with Crippen LogP contribution in [0.25, 0.3) is 0 Å². The van der Waals surface area contributed by atoms with Gasteiger partial charge in [0.25, 0.3) is 0 Å². The topological polar surface area (TPSA) is 63.7 Å². The van der Waals surface area contributed by atoms with Crippen LogP contribution < -0.4 is 0 Å². The molecule has 0 aromatic heterocycles. The Morgan fingerprint density at radius 3 is 2.57 bits per heavy atom. The molecule has 1 amide bonds. The minimum atomic E-state index is -0.565. The highest BCUT2D eigenvalue weighted by Gasteiger charge is 2.44. The van der Waals surface area contributed by atoms with Crippen LogP contribution in [0.3, 0.4) is 0 Å². The summed E-state index contributed by atoms with van der Waals surface area (Å²) in [5.41, 5.74) is 2.87. The van der Waals surface area contributed by atoms with E-state index in [-0.39, 0.29) is 29.0 Å². The van der Waals surface area contributed by atoms with Gasteiger partial charge in [-0.1, -0.05) is 66.4 Å². The molecular weight excluding hydrogens is 398 g/mol. The zero-order valence-corrected chi connectivity index (χ0v) is 17.8. The number of hydrogen-bond donors (Lipinski definition) is 0. The number of esters is 1. The van der Waals surface area contributed by atoms with Gasteiger partial charge in [0.1, 0.15) is 6.04 Å². The van der Waals surface area contributed by atoms with Crippen LogP contribution in [-0.4, -0.2) is 40.8 Å². The average molecular weight is 424 g/mol. The van der Waals surface area contributed by atoms with Gasteiger partial charge in [-0.25, -0.2) is 4.79 Å². The molecule has 3 atom stereocenters. The summed E-state index contributed by atoms with van der Waals surface area (Å²) in [5.74, 6) is -0.393. The minimum absolute atomic E-state index is 0.0411. The fourth-order valence-electron chi connectivity index (χ4n) is 4.55. The van der Waals surface area contributed by atoms with Gasteiger partial charge in [-0.2, -0.15) is 0 Å². The van der Waals surface area contributed by atoms with E-state index in [9.17, 15) is 14.4 Å². The van der Waals surface area contributed by atoms with Crippen LogP contribution in [-0.2, 0) is 20.7 Å². The smallest absolute Gasteiger partial charge is 0.328 e. The predicted molar refractivity (Wildman–Crippen MR) is 116 cm³/mol. The van der Waals surface area contributed by atoms with Crippen LogP contribution in [0.1, 0.15) is 46.8 Å². The first-order valence-electron chi connectivity index (χ1n) is 10.3. The maximum Gasteiger partial charge on any atom is 0.328 e. The van der Waals surface area contributed by atoms with E-state index >= 15 is 0 Å². The van der Waals surface area contributed by atoms with Gasteiger partial charge in [0.2, 0.25) is 11.0 Å². The second-order valence-electron chi connectivity index (χ2n) is 7.80. The molecule has 4 rings (SSSR count). The number of amides is 1. The molecular formula is C24H25NO4S. The van der Waals surface area contributed by atoms with Crippen molar-refractivity contribution in [2.75, 3.05) is 12.9 Å². The number of thioether (sulfide) groups is 1. The summed E-state index contributed by atoms with van der Waals surface area (Å²) in [4.78, 5) is 40.4. The normalized spacial score (nSPS) is 23.2. The van der Waals surface area contributed by atoms with E-state index in [1.54, 1.807) is 17.0 Å². The number of hydrogen-bond acceptors (Lipinski definition) is 5. The van der Waals surface area contributed by atoms with Crippen molar-refractivity contribution in [1.82, 2.24) is 4.90 Å². The van der Waals surface area contributed by atoms with Gasteiger partial charge in [0.15, 0.2) is 0 Å². The first-order chi connectivity index (χ1) is 14.6. The number of piperidine rings is 1. The standard InChI is InChI=1S/C24H25NO4S/c1-29-23(27)21-13-7-12-20-19-11-6-5-10-17(19)14-18(22(26)25(20)21)15-30-24(28)16-8-3-2-4-9-16/h2-6,8-11,18,20-21H,7,12-15H2,1H3/t18-,20-,21+/m1/s1. The summed E-state index contributed by atoms with van der Waals surface area (Å²) >= 11 is 1.18. The lowest BCUT2D eigenvalue weighted by atomic mass is 9.89. The number of carbonyl (C=O) groups is 3. The van der Waals surface area contributed by atoms with E-state index in [1.807, 2.05) is 30.3 Å². The Balaban J connectivity index is 1.62. The molecule has 30 heavy (non-hydrogen) atoms. The van der Waals surface area contributed by atoms with Crippen LogP contribution in [0.2, 0.25) is 0 Å². The van der Waals surface area contributed by atoms with Crippen LogP contribution >= 0.6 is 11.8 Å². The summed E-state index contributed by atoms with van der Waals surface area (Å²) in [6, 6.07) is 16.5. The van der Waals surface area contributed by atoms with E-state index in [0.29, 0.717) is 24.2 Å². The molecule has 6 heteroatoms. The van der Waals surface area contributed by atoms with Crippen molar-refractivity contribution in [3.8, 4) is 0 Å². The number of ether oxygens (including phenoxy) is 1. The van der Waals surface area contributed by atoms with Gasteiger partial charge in [0.05, 0.1) is 19.1 Å². The number of methoxy groups -OCH3 is 1. The highest BCUT2D eigenvalue weighted by molar-refractivity contribution is 8.14. The fraction of sp³-hybridized carbons (Fsp3) is 0.375.